The number of halogens is 1. The number of thiophene rings is 1. The molecule has 0 bridgehead atoms. The van der Waals surface area contributed by atoms with Crippen molar-refractivity contribution < 1.29 is 4.79 Å². The lowest BCUT2D eigenvalue weighted by molar-refractivity contribution is -0.113. The molecular weight excluding hydrogens is 568 g/mol. The van der Waals surface area contributed by atoms with Gasteiger partial charge in [-0.3, -0.25) is 9.69 Å². The summed E-state index contributed by atoms with van der Waals surface area (Å²) in [6, 6.07) is 2.06. The number of carbonyl (C=O) groups excluding carboxylic acids is 1. The lowest BCUT2D eigenvalue weighted by Gasteiger charge is -2.21. The summed E-state index contributed by atoms with van der Waals surface area (Å²) in [5.74, 6) is 0.827. The Balaban J connectivity index is 0.00000411. The average Bonchev–Trinajstić information content (AvgIpc) is 3.27. The summed E-state index contributed by atoms with van der Waals surface area (Å²) in [7, 11) is 0. The smallest absolute Gasteiger partial charge is 0.220 e. The summed E-state index contributed by atoms with van der Waals surface area (Å²) in [6.45, 7) is 24.5. The Kier molecular flexibility index (Phi) is 17.0. The molecular formula is C33H45ClN4OS2. The van der Waals surface area contributed by atoms with E-state index in [-0.39, 0.29) is 0 Å². The van der Waals surface area contributed by atoms with Crippen LogP contribution in [0.4, 0.5) is 5.69 Å². The summed E-state index contributed by atoms with van der Waals surface area (Å²) in [5.41, 5.74) is 6.71. The van der Waals surface area contributed by atoms with Crippen LogP contribution in [0.15, 0.2) is 83.3 Å². The van der Waals surface area contributed by atoms with E-state index >= 15 is 0 Å². The standard InChI is InChI=1S/C31H39ClN4OS2.C2H6/c1-9-13-27(14-12-17-32)36(20-37)31(38-19-24(7)33-26(11-3)16-15-21(4)10-2)35-29-25(8)39-30-28(29)22(5)18-23(6)34-30;1-2/h9,12-16,18,20,33H,1,7,10-11,17,19H2,2-6,8H3;1-2H3/b14-12-,21-15-,26-16+,27-13+,35-31?;. The van der Waals surface area contributed by atoms with E-state index in [1.165, 1.54) is 22.2 Å². The van der Waals surface area contributed by atoms with Crippen LogP contribution in [0.5, 0.6) is 0 Å². The summed E-state index contributed by atoms with van der Waals surface area (Å²) < 4.78 is 0. The van der Waals surface area contributed by atoms with E-state index < -0.39 is 0 Å². The van der Waals surface area contributed by atoms with E-state index in [0.717, 1.165) is 62.7 Å². The van der Waals surface area contributed by atoms with Gasteiger partial charge in [-0.2, -0.15) is 0 Å². The molecule has 0 aliphatic heterocycles. The molecule has 2 aromatic rings. The van der Waals surface area contributed by atoms with Gasteiger partial charge in [0.25, 0.3) is 0 Å². The van der Waals surface area contributed by atoms with Gasteiger partial charge in [-0.15, -0.1) is 22.9 Å². The van der Waals surface area contributed by atoms with Gasteiger partial charge >= 0.3 is 0 Å². The van der Waals surface area contributed by atoms with Crippen LogP contribution in [0, 0.1) is 20.8 Å². The highest BCUT2D eigenvalue weighted by Gasteiger charge is 2.19. The molecule has 2 aromatic heterocycles. The van der Waals surface area contributed by atoms with E-state index in [1.807, 2.05) is 27.7 Å². The van der Waals surface area contributed by atoms with Gasteiger partial charge in [-0.05, 0) is 70.4 Å². The van der Waals surface area contributed by atoms with Gasteiger partial charge in [0.2, 0.25) is 6.41 Å². The Morgan fingerprint density at radius 2 is 1.90 bits per heavy atom. The summed E-state index contributed by atoms with van der Waals surface area (Å²) >= 11 is 8.95. The summed E-state index contributed by atoms with van der Waals surface area (Å²) in [6.07, 6.45) is 13.8. The molecule has 41 heavy (non-hydrogen) atoms. The molecule has 1 N–H and O–H groups in total. The minimum atomic E-state index is 0.318. The maximum atomic E-state index is 12.5. The molecule has 0 saturated carbocycles. The molecule has 5 nitrogen and oxygen atoms in total. The topological polar surface area (TPSA) is 57.6 Å². The van der Waals surface area contributed by atoms with Crippen molar-refractivity contribution in [2.24, 2.45) is 4.99 Å². The Labute approximate surface area is 260 Å². The zero-order valence-electron chi connectivity index (χ0n) is 25.8. The number of hydrogen-bond donors (Lipinski definition) is 1. The summed E-state index contributed by atoms with van der Waals surface area (Å²) in [5, 5.41) is 4.96. The van der Waals surface area contributed by atoms with E-state index in [0.29, 0.717) is 22.5 Å². The lowest BCUT2D eigenvalue weighted by Crippen LogP contribution is -2.27. The Bertz CT molecular complexity index is 1350. The molecule has 0 spiro atoms. The molecule has 0 fully saturated rings. The third kappa shape index (κ3) is 11.1. The zero-order valence-corrected chi connectivity index (χ0v) is 28.2. The second kappa shape index (κ2) is 19.3. The summed E-state index contributed by atoms with van der Waals surface area (Å²) in [4.78, 5) is 25.8. The first-order valence-corrected chi connectivity index (χ1v) is 16.2. The molecule has 0 aromatic carbocycles. The number of pyridine rings is 1. The number of aryl methyl sites for hydroxylation is 3. The second-order valence-electron chi connectivity index (χ2n) is 8.95. The molecule has 0 aliphatic carbocycles. The largest absolute Gasteiger partial charge is 0.362 e. The van der Waals surface area contributed by atoms with E-state index in [1.54, 1.807) is 35.6 Å². The third-order valence-corrected chi connectivity index (χ3v) is 8.02. The maximum Gasteiger partial charge on any atom is 0.220 e. The van der Waals surface area contributed by atoms with Crippen molar-refractivity contribution >= 4 is 62.2 Å². The van der Waals surface area contributed by atoms with Crippen LogP contribution in [0.25, 0.3) is 10.2 Å². The van der Waals surface area contributed by atoms with Crippen molar-refractivity contribution in [2.75, 3.05) is 11.6 Å². The maximum absolute atomic E-state index is 12.5. The number of rotatable bonds is 13. The molecule has 0 atom stereocenters. The van der Waals surface area contributed by atoms with Crippen molar-refractivity contribution in [1.82, 2.24) is 15.2 Å². The van der Waals surface area contributed by atoms with Crippen LogP contribution in [0.2, 0.25) is 0 Å². The number of aromatic nitrogens is 1. The Hall–Kier alpha value is -2.87. The van der Waals surface area contributed by atoms with Crippen molar-refractivity contribution in [2.45, 2.75) is 68.2 Å². The first kappa shape index (κ1) is 36.2. The van der Waals surface area contributed by atoms with Crippen molar-refractivity contribution in [3.8, 4) is 0 Å². The molecule has 0 radical (unpaired) electrons. The quantitative estimate of drug-likeness (QED) is 0.0804. The number of carbonyl (C=O) groups is 1. The highest BCUT2D eigenvalue weighted by atomic mass is 35.5. The number of aliphatic imine (C=N–C) groups is 1. The minimum absolute atomic E-state index is 0.318. The van der Waals surface area contributed by atoms with Crippen LogP contribution >= 0.6 is 34.7 Å². The molecule has 2 heterocycles. The molecule has 222 valence electrons. The monoisotopic (exact) mass is 612 g/mol. The van der Waals surface area contributed by atoms with Crippen molar-refractivity contribution in [3.05, 3.63) is 94.5 Å². The van der Waals surface area contributed by atoms with Crippen LogP contribution < -0.4 is 5.32 Å². The minimum Gasteiger partial charge on any atom is -0.362 e. The van der Waals surface area contributed by atoms with Crippen LogP contribution in [-0.4, -0.2) is 33.1 Å². The molecule has 8 heteroatoms. The first-order chi connectivity index (χ1) is 19.7. The fourth-order valence-electron chi connectivity index (χ4n) is 3.66. The number of amides is 1. The van der Waals surface area contributed by atoms with Gasteiger partial charge in [0.1, 0.15) is 4.83 Å². The number of nitrogens with one attached hydrogen (secondary N) is 1. The molecule has 0 saturated heterocycles. The number of nitrogens with zero attached hydrogens (tertiary/aromatic N) is 3. The van der Waals surface area contributed by atoms with Gasteiger partial charge < -0.3 is 5.32 Å². The van der Waals surface area contributed by atoms with Crippen molar-refractivity contribution in [3.63, 3.8) is 0 Å². The SMILES string of the molecule is C=C/C=C(\C=C/CCl)N(C=O)C(=Nc1c(C)sc2nc(C)cc(C)c12)SCC(=C)N/C(=C/C=C(/C)CC)CC.CC. The predicted molar refractivity (Wildman–Crippen MR) is 185 cm³/mol. The number of hydrogen-bond acceptors (Lipinski definition) is 6. The number of fused-ring (bicyclic) bond motifs is 1. The van der Waals surface area contributed by atoms with Crippen LogP contribution in [0.3, 0.4) is 0 Å². The molecule has 2 rings (SSSR count). The lowest BCUT2D eigenvalue weighted by atomic mass is 10.1. The molecule has 1 amide bonds. The third-order valence-electron chi connectivity index (χ3n) is 5.82. The fraction of sp³-hybridized carbons (Fsp3) is 0.364. The highest BCUT2D eigenvalue weighted by molar-refractivity contribution is 8.14. The number of allylic oxidation sites excluding steroid dienone is 8. The number of alkyl halides is 1. The van der Waals surface area contributed by atoms with Gasteiger partial charge in [-0.1, -0.05) is 76.4 Å². The normalized spacial score (nSPS) is 12.8. The van der Waals surface area contributed by atoms with E-state index in [4.69, 9.17) is 21.6 Å². The zero-order chi connectivity index (χ0) is 30.9. The van der Waals surface area contributed by atoms with E-state index in [2.05, 4.69) is 64.4 Å². The van der Waals surface area contributed by atoms with Gasteiger partial charge in [0.15, 0.2) is 5.17 Å². The predicted octanol–water partition coefficient (Wildman–Crippen LogP) is 10.0. The van der Waals surface area contributed by atoms with E-state index in [9.17, 15) is 4.79 Å². The molecule has 0 unspecified atom stereocenters. The van der Waals surface area contributed by atoms with Crippen LogP contribution in [-0.2, 0) is 4.79 Å². The van der Waals surface area contributed by atoms with Crippen LogP contribution in [0.1, 0.15) is 63.6 Å². The Morgan fingerprint density at radius 1 is 1.20 bits per heavy atom. The number of thioether (sulfide) groups is 1. The first-order valence-electron chi connectivity index (χ1n) is 13.9. The van der Waals surface area contributed by atoms with Crippen molar-refractivity contribution in [1.29, 1.82) is 0 Å². The average molecular weight is 613 g/mol. The fourth-order valence-corrected chi connectivity index (χ4v) is 5.65. The second-order valence-corrected chi connectivity index (χ2v) is 11.4. The van der Waals surface area contributed by atoms with Gasteiger partial charge in [0, 0.05) is 39.0 Å². The van der Waals surface area contributed by atoms with Gasteiger partial charge in [-0.25, -0.2) is 9.98 Å². The number of amidine groups is 1. The van der Waals surface area contributed by atoms with Gasteiger partial charge in [0.05, 0.1) is 11.4 Å². The Morgan fingerprint density at radius 3 is 2.49 bits per heavy atom. The highest BCUT2D eigenvalue weighted by Crippen LogP contribution is 2.39. The molecule has 0 aliphatic rings.